The van der Waals surface area contributed by atoms with Crippen LogP contribution in [0, 0.1) is 5.92 Å². The highest BCUT2D eigenvalue weighted by Gasteiger charge is 2.34. The monoisotopic (exact) mass is 197 g/mol. The van der Waals surface area contributed by atoms with Crippen molar-refractivity contribution in [2.45, 2.75) is 25.9 Å². The van der Waals surface area contributed by atoms with Crippen LogP contribution < -0.4 is 10.6 Å². The first-order valence-electron chi connectivity index (χ1n) is 5.44. The van der Waals surface area contributed by atoms with Gasteiger partial charge >= 0.3 is 0 Å². The Hall–Kier alpha value is -0.610. The third-order valence-corrected chi connectivity index (χ3v) is 3.45. The predicted octanol–water partition coefficient (Wildman–Crippen LogP) is -0.585. The van der Waals surface area contributed by atoms with Crippen molar-refractivity contribution in [1.29, 1.82) is 0 Å². The second-order valence-electron chi connectivity index (χ2n) is 4.37. The summed E-state index contributed by atoms with van der Waals surface area (Å²) in [4.78, 5) is 14.0. The molecule has 2 aliphatic heterocycles. The number of rotatable bonds is 1. The van der Waals surface area contributed by atoms with E-state index in [1.54, 1.807) is 0 Å². The molecular formula is C10H19N3O. The molecule has 1 amide bonds. The van der Waals surface area contributed by atoms with E-state index in [9.17, 15) is 4.79 Å². The molecule has 0 radical (unpaired) electrons. The van der Waals surface area contributed by atoms with Crippen LogP contribution in [0.15, 0.2) is 0 Å². The van der Waals surface area contributed by atoms with Gasteiger partial charge in [-0.3, -0.25) is 4.79 Å². The average Bonchev–Trinajstić information content (AvgIpc) is 2.06. The molecule has 2 fully saturated rings. The molecule has 0 aromatic heterocycles. The van der Waals surface area contributed by atoms with Gasteiger partial charge in [0.2, 0.25) is 5.91 Å². The lowest BCUT2D eigenvalue weighted by atomic mass is 9.98. The van der Waals surface area contributed by atoms with Crippen molar-refractivity contribution < 1.29 is 4.79 Å². The molecule has 0 aromatic carbocycles. The second kappa shape index (κ2) is 3.87. The van der Waals surface area contributed by atoms with Crippen molar-refractivity contribution in [3.63, 3.8) is 0 Å². The van der Waals surface area contributed by atoms with Crippen LogP contribution in [0.3, 0.4) is 0 Å². The number of nitrogens with one attached hydrogen (secondary N) is 2. The lowest BCUT2D eigenvalue weighted by molar-refractivity contribution is -0.140. The van der Waals surface area contributed by atoms with E-state index in [4.69, 9.17) is 0 Å². The molecule has 2 atom stereocenters. The Balaban J connectivity index is 1.97. The van der Waals surface area contributed by atoms with E-state index in [1.165, 1.54) is 0 Å². The first-order valence-corrected chi connectivity index (χ1v) is 5.44. The summed E-state index contributed by atoms with van der Waals surface area (Å²) >= 11 is 0. The molecule has 14 heavy (non-hydrogen) atoms. The van der Waals surface area contributed by atoms with Crippen LogP contribution in [0.25, 0.3) is 0 Å². The van der Waals surface area contributed by atoms with Crippen LogP contribution in [0.1, 0.15) is 13.8 Å². The summed E-state index contributed by atoms with van der Waals surface area (Å²) in [5.41, 5.74) is 0. The van der Waals surface area contributed by atoms with Crippen molar-refractivity contribution in [3.05, 3.63) is 0 Å². The molecule has 4 nitrogen and oxygen atoms in total. The molecule has 4 heteroatoms. The molecule has 0 aromatic rings. The van der Waals surface area contributed by atoms with Gasteiger partial charge in [0.05, 0.1) is 5.92 Å². The van der Waals surface area contributed by atoms with Gasteiger partial charge in [-0.15, -0.1) is 0 Å². The summed E-state index contributed by atoms with van der Waals surface area (Å²) in [7, 11) is 0. The quantitative estimate of drug-likeness (QED) is 0.591. The van der Waals surface area contributed by atoms with Crippen LogP contribution in [-0.4, -0.2) is 49.1 Å². The zero-order valence-electron chi connectivity index (χ0n) is 8.92. The zero-order valence-corrected chi connectivity index (χ0v) is 8.92. The molecule has 2 rings (SSSR count). The van der Waals surface area contributed by atoms with E-state index in [0.29, 0.717) is 18.0 Å². The minimum atomic E-state index is 0.239. The summed E-state index contributed by atoms with van der Waals surface area (Å²) in [6, 6.07) is 0.748. The van der Waals surface area contributed by atoms with Crippen molar-refractivity contribution >= 4 is 5.91 Å². The Morgan fingerprint density at radius 3 is 2.64 bits per heavy atom. The van der Waals surface area contributed by atoms with Crippen molar-refractivity contribution in [1.82, 2.24) is 15.5 Å². The number of piperazine rings is 1. The van der Waals surface area contributed by atoms with Gasteiger partial charge in [-0.1, -0.05) is 0 Å². The number of amides is 1. The summed E-state index contributed by atoms with van der Waals surface area (Å²) in [6.07, 6.45) is 0. The molecule has 80 valence electrons. The lowest BCUT2D eigenvalue weighted by Crippen LogP contribution is -2.61. The maximum Gasteiger partial charge on any atom is 0.228 e. The molecule has 0 aliphatic carbocycles. The highest BCUT2D eigenvalue weighted by atomic mass is 16.2. The van der Waals surface area contributed by atoms with Crippen molar-refractivity contribution in [3.8, 4) is 0 Å². The van der Waals surface area contributed by atoms with Gasteiger partial charge in [0, 0.05) is 38.3 Å². The number of carbonyl (C=O) groups is 1. The maximum absolute atomic E-state index is 12.0. The van der Waals surface area contributed by atoms with Gasteiger partial charge in [-0.25, -0.2) is 0 Å². The molecule has 2 aliphatic rings. The predicted molar refractivity (Wildman–Crippen MR) is 55.0 cm³/mol. The number of hydrogen-bond acceptors (Lipinski definition) is 3. The number of nitrogens with zero attached hydrogens (tertiary/aromatic N) is 1. The van der Waals surface area contributed by atoms with Gasteiger partial charge in [-0.05, 0) is 13.8 Å². The highest BCUT2D eigenvalue weighted by molar-refractivity contribution is 5.80. The minimum Gasteiger partial charge on any atom is -0.337 e. The van der Waals surface area contributed by atoms with Crippen molar-refractivity contribution in [2.24, 2.45) is 5.92 Å². The molecule has 2 N–H and O–H groups in total. The third-order valence-electron chi connectivity index (χ3n) is 3.45. The zero-order chi connectivity index (χ0) is 10.1. The summed E-state index contributed by atoms with van der Waals surface area (Å²) in [5.74, 6) is 0.576. The lowest BCUT2D eigenvalue weighted by Gasteiger charge is -2.42. The van der Waals surface area contributed by atoms with Crippen molar-refractivity contribution in [2.75, 3.05) is 26.2 Å². The van der Waals surface area contributed by atoms with Gasteiger partial charge in [0.1, 0.15) is 0 Å². The standard InChI is InChI=1S/C10H19N3O/c1-7-8(2)13(4-3-12-7)10(14)9-5-11-6-9/h7-9,11-12H,3-6H2,1-2H3. The topological polar surface area (TPSA) is 44.4 Å². The van der Waals surface area contributed by atoms with E-state index < -0.39 is 0 Å². The first kappa shape index (κ1) is 9.93. The van der Waals surface area contributed by atoms with Gasteiger partial charge in [-0.2, -0.15) is 0 Å². The Morgan fingerprint density at radius 1 is 1.36 bits per heavy atom. The van der Waals surface area contributed by atoms with Crippen LogP contribution in [0.5, 0.6) is 0 Å². The Kier molecular flexibility index (Phi) is 2.74. The highest BCUT2D eigenvalue weighted by Crippen LogP contribution is 2.15. The van der Waals surface area contributed by atoms with Crippen LogP contribution >= 0.6 is 0 Å². The van der Waals surface area contributed by atoms with E-state index in [1.807, 2.05) is 4.90 Å². The Morgan fingerprint density at radius 2 is 2.07 bits per heavy atom. The molecule has 0 bridgehead atoms. The molecule has 2 saturated heterocycles. The SMILES string of the molecule is CC1NCCN(C(=O)C2CNC2)C1C. The molecule has 0 spiro atoms. The number of carbonyl (C=O) groups excluding carboxylic acids is 1. The van der Waals surface area contributed by atoms with E-state index in [-0.39, 0.29) is 5.92 Å². The molecule has 0 saturated carbocycles. The normalized spacial score (nSPS) is 34.0. The average molecular weight is 197 g/mol. The molecular weight excluding hydrogens is 178 g/mol. The fourth-order valence-corrected chi connectivity index (χ4v) is 2.07. The van der Waals surface area contributed by atoms with Crippen LogP contribution in [0.4, 0.5) is 0 Å². The smallest absolute Gasteiger partial charge is 0.228 e. The Labute approximate surface area is 85.0 Å². The van der Waals surface area contributed by atoms with Crippen LogP contribution in [0.2, 0.25) is 0 Å². The fourth-order valence-electron chi connectivity index (χ4n) is 2.07. The largest absolute Gasteiger partial charge is 0.337 e. The van der Waals surface area contributed by atoms with Gasteiger partial charge < -0.3 is 15.5 Å². The fraction of sp³-hybridized carbons (Fsp3) is 0.900. The second-order valence-corrected chi connectivity index (χ2v) is 4.37. The van der Waals surface area contributed by atoms with E-state index >= 15 is 0 Å². The summed E-state index contributed by atoms with van der Waals surface area (Å²) < 4.78 is 0. The van der Waals surface area contributed by atoms with Gasteiger partial charge in [0.25, 0.3) is 0 Å². The number of hydrogen-bond donors (Lipinski definition) is 2. The molecule has 2 unspecified atom stereocenters. The van der Waals surface area contributed by atoms with Gasteiger partial charge in [0.15, 0.2) is 0 Å². The van der Waals surface area contributed by atoms with Crippen LogP contribution in [-0.2, 0) is 4.79 Å². The summed E-state index contributed by atoms with van der Waals surface area (Å²) in [5, 5.41) is 6.53. The third kappa shape index (κ3) is 1.64. The molecule has 2 heterocycles. The first-order chi connectivity index (χ1) is 6.70. The van der Waals surface area contributed by atoms with E-state index in [2.05, 4.69) is 24.5 Å². The summed E-state index contributed by atoms with van der Waals surface area (Å²) in [6.45, 7) is 7.79. The Bertz CT molecular complexity index is 227. The minimum absolute atomic E-state index is 0.239. The maximum atomic E-state index is 12.0. The van der Waals surface area contributed by atoms with E-state index in [0.717, 1.165) is 26.2 Å².